The summed E-state index contributed by atoms with van der Waals surface area (Å²) in [5.41, 5.74) is -0.140. The summed E-state index contributed by atoms with van der Waals surface area (Å²) in [6, 6.07) is 0. The highest BCUT2D eigenvalue weighted by Crippen LogP contribution is 2.20. The minimum absolute atomic E-state index is 0.140. The Bertz CT molecular complexity index is 111. The minimum atomic E-state index is -0.465. The Kier molecular flexibility index (Phi) is 3.52. The molecule has 0 bridgehead atoms. The summed E-state index contributed by atoms with van der Waals surface area (Å²) >= 11 is 0. The quantitative estimate of drug-likeness (QED) is 0.591. The van der Waals surface area contributed by atoms with Crippen molar-refractivity contribution < 1.29 is 9.47 Å². The Morgan fingerprint density at radius 2 is 1.45 bits per heavy atom. The lowest BCUT2D eigenvalue weighted by atomic mass is 10.2. The van der Waals surface area contributed by atoms with Crippen molar-refractivity contribution in [2.45, 2.75) is 52.9 Å². The SMILES string of the molecule is CCOC(C)(C)OC(C)(C)C. The van der Waals surface area contributed by atoms with Crippen LogP contribution in [0.25, 0.3) is 0 Å². The molecule has 0 aliphatic heterocycles. The first kappa shape index (κ1) is 10.9. The van der Waals surface area contributed by atoms with Gasteiger partial charge in [-0.25, -0.2) is 0 Å². The largest absolute Gasteiger partial charge is 0.351 e. The summed E-state index contributed by atoms with van der Waals surface area (Å²) in [6.45, 7) is 12.6. The maximum Gasteiger partial charge on any atom is 0.163 e. The third-order valence-corrected chi connectivity index (χ3v) is 1.04. The van der Waals surface area contributed by atoms with Crippen molar-refractivity contribution in [1.82, 2.24) is 0 Å². The van der Waals surface area contributed by atoms with E-state index in [2.05, 4.69) is 0 Å². The van der Waals surface area contributed by atoms with Gasteiger partial charge in [0.1, 0.15) is 0 Å². The second kappa shape index (κ2) is 3.55. The van der Waals surface area contributed by atoms with Gasteiger partial charge < -0.3 is 9.47 Å². The molecule has 0 saturated carbocycles. The van der Waals surface area contributed by atoms with E-state index in [0.717, 1.165) is 0 Å². The van der Waals surface area contributed by atoms with Crippen LogP contribution in [0.4, 0.5) is 0 Å². The van der Waals surface area contributed by atoms with Crippen LogP contribution in [0.5, 0.6) is 0 Å². The molecule has 11 heavy (non-hydrogen) atoms. The minimum Gasteiger partial charge on any atom is -0.351 e. The van der Waals surface area contributed by atoms with Gasteiger partial charge in [0.05, 0.1) is 5.60 Å². The summed E-state index contributed by atoms with van der Waals surface area (Å²) in [5.74, 6) is -0.465. The lowest BCUT2D eigenvalue weighted by molar-refractivity contribution is -0.255. The number of hydrogen-bond acceptors (Lipinski definition) is 2. The highest BCUT2D eigenvalue weighted by atomic mass is 16.7. The van der Waals surface area contributed by atoms with Crippen molar-refractivity contribution in [2.75, 3.05) is 6.61 Å². The number of rotatable bonds is 3. The molecule has 0 aromatic heterocycles. The van der Waals surface area contributed by atoms with E-state index in [4.69, 9.17) is 9.47 Å². The maximum absolute atomic E-state index is 5.64. The molecule has 0 saturated heterocycles. The zero-order valence-corrected chi connectivity index (χ0v) is 8.52. The van der Waals surface area contributed by atoms with Gasteiger partial charge in [-0.15, -0.1) is 0 Å². The average Bonchev–Trinajstić information content (AvgIpc) is 1.55. The van der Waals surface area contributed by atoms with Crippen molar-refractivity contribution in [1.29, 1.82) is 0 Å². The molecule has 0 heterocycles. The lowest BCUT2D eigenvalue weighted by Gasteiger charge is -2.33. The van der Waals surface area contributed by atoms with Gasteiger partial charge in [0.25, 0.3) is 0 Å². The number of ether oxygens (including phenoxy) is 2. The highest BCUT2D eigenvalue weighted by molar-refractivity contribution is 4.65. The van der Waals surface area contributed by atoms with Gasteiger partial charge in [-0.3, -0.25) is 0 Å². The van der Waals surface area contributed by atoms with Crippen LogP contribution in [0.2, 0.25) is 0 Å². The van der Waals surface area contributed by atoms with Crippen LogP contribution < -0.4 is 0 Å². The summed E-state index contributed by atoms with van der Waals surface area (Å²) in [7, 11) is 0. The maximum atomic E-state index is 5.64. The molecule has 2 heteroatoms. The zero-order chi connectivity index (χ0) is 9.12. The Morgan fingerprint density at radius 1 is 1.00 bits per heavy atom. The fraction of sp³-hybridized carbons (Fsp3) is 1.00. The molecular weight excluding hydrogens is 140 g/mol. The topological polar surface area (TPSA) is 18.5 Å². The molecule has 0 unspecified atom stereocenters. The molecule has 0 aliphatic rings. The van der Waals surface area contributed by atoms with E-state index in [1.165, 1.54) is 0 Å². The van der Waals surface area contributed by atoms with E-state index in [0.29, 0.717) is 6.61 Å². The Labute approximate surface area is 69.9 Å². The Morgan fingerprint density at radius 3 is 1.73 bits per heavy atom. The molecule has 0 aromatic carbocycles. The molecule has 68 valence electrons. The van der Waals surface area contributed by atoms with E-state index in [1.807, 2.05) is 41.5 Å². The number of hydrogen-bond donors (Lipinski definition) is 0. The van der Waals surface area contributed by atoms with Crippen LogP contribution in [-0.2, 0) is 9.47 Å². The van der Waals surface area contributed by atoms with E-state index < -0.39 is 5.79 Å². The summed E-state index contributed by atoms with van der Waals surface area (Å²) in [5, 5.41) is 0. The van der Waals surface area contributed by atoms with Crippen molar-refractivity contribution in [3.05, 3.63) is 0 Å². The van der Waals surface area contributed by atoms with Crippen LogP contribution >= 0.6 is 0 Å². The van der Waals surface area contributed by atoms with Gasteiger partial charge in [0, 0.05) is 6.61 Å². The van der Waals surface area contributed by atoms with Crippen molar-refractivity contribution in [2.24, 2.45) is 0 Å². The fourth-order valence-corrected chi connectivity index (χ4v) is 1.11. The van der Waals surface area contributed by atoms with Gasteiger partial charge in [-0.1, -0.05) is 0 Å². The Balaban J connectivity index is 3.91. The van der Waals surface area contributed by atoms with Crippen LogP contribution in [0.15, 0.2) is 0 Å². The van der Waals surface area contributed by atoms with E-state index >= 15 is 0 Å². The van der Waals surface area contributed by atoms with E-state index in [1.54, 1.807) is 0 Å². The molecule has 0 radical (unpaired) electrons. The lowest BCUT2D eigenvalue weighted by Crippen LogP contribution is -2.37. The molecule has 0 spiro atoms. The predicted octanol–water partition coefficient (Wildman–Crippen LogP) is 2.57. The van der Waals surface area contributed by atoms with E-state index in [9.17, 15) is 0 Å². The second-order valence-electron chi connectivity index (χ2n) is 4.05. The van der Waals surface area contributed by atoms with Gasteiger partial charge in [-0.2, -0.15) is 0 Å². The highest BCUT2D eigenvalue weighted by Gasteiger charge is 2.25. The third kappa shape index (κ3) is 6.32. The standard InChI is InChI=1S/C9H20O2/c1-7-10-9(5,6)11-8(2,3)4/h7H2,1-6H3. The fourth-order valence-electron chi connectivity index (χ4n) is 1.11. The molecule has 0 rings (SSSR count). The molecule has 0 fully saturated rings. The first-order valence-electron chi connectivity index (χ1n) is 4.11. The Hall–Kier alpha value is -0.0800. The first-order chi connectivity index (χ1) is 4.77. The zero-order valence-electron chi connectivity index (χ0n) is 8.52. The molecule has 0 aliphatic carbocycles. The normalized spacial score (nSPS) is 13.6. The van der Waals surface area contributed by atoms with Crippen LogP contribution in [0.3, 0.4) is 0 Å². The van der Waals surface area contributed by atoms with E-state index in [-0.39, 0.29) is 5.60 Å². The van der Waals surface area contributed by atoms with Crippen LogP contribution in [0.1, 0.15) is 41.5 Å². The second-order valence-corrected chi connectivity index (χ2v) is 4.05. The van der Waals surface area contributed by atoms with Crippen molar-refractivity contribution in [3.63, 3.8) is 0 Å². The molecule has 0 amide bonds. The molecule has 0 aromatic rings. The van der Waals surface area contributed by atoms with Crippen molar-refractivity contribution >= 4 is 0 Å². The van der Waals surface area contributed by atoms with Crippen molar-refractivity contribution in [3.8, 4) is 0 Å². The molecular formula is C9H20O2. The average molecular weight is 160 g/mol. The van der Waals surface area contributed by atoms with Gasteiger partial charge in [0.15, 0.2) is 5.79 Å². The van der Waals surface area contributed by atoms with Gasteiger partial charge >= 0.3 is 0 Å². The summed E-state index contributed by atoms with van der Waals surface area (Å²) in [4.78, 5) is 0. The van der Waals surface area contributed by atoms with Gasteiger partial charge in [0.2, 0.25) is 0 Å². The molecule has 0 N–H and O–H groups in total. The third-order valence-electron chi connectivity index (χ3n) is 1.04. The van der Waals surface area contributed by atoms with Gasteiger partial charge in [-0.05, 0) is 41.5 Å². The molecule has 2 nitrogen and oxygen atoms in total. The molecule has 0 atom stereocenters. The monoisotopic (exact) mass is 160 g/mol. The van der Waals surface area contributed by atoms with Crippen LogP contribution in [-0.4, -0.2) is 18.0 Å². The smallest absolute Gasteiger partial charge is 0.163 e. The summed E-state index contributed by atoms with van der Waals surface area (Å²) in [6.07, 6.45) is 0. The summed E-state index contributed by atoms with van der Waals surface area (Å²) < 4.78 is 11.0. The first-order valence-corrected chi connectivity index (χ1v) is 4.11. The predicted molar refractivity (Wildman–Crippen MR) is 46.5 cm³/mol. The van der Waals surface area contributed by atoms with Crippen LogP contribution in [0, 0.1) is 0 Å².